The van der Waals surface area contributed by atoms with Gasteiger partial charge < -0.3 is 8.83 Å². The van der Waals surface area contributed by atoms with E-state index in [-0.39, 0.29) is 10.8 Å². The van der Waals surface area contributed by atoms with E-state index in [0.29, 0.717) is 0 Å². The number of benzene rings is 18. The summed E-state index contributed by atoms with van der Waals surface area (Å²) in [6.45, 7) is 0. The molecule has 0 fully saturated rings. The van der Waals surface area contributed by atoms with E-state index in [1.54, 1.807) is 0 Å². The van der Waals surface area contributed by atoms with E-state index >= 15 is 0 Å². The van der Waals surface area contributed by atoms with Crippen LogP contribution in [-0.2, 0) is 0 Å². The largest absolute Gasteiger partial charge is 0.456 e. The van der Waals surface area contributed by atoms with Gasteiger partial charge in [-0.2, -0.15) is 0 Å². The Morgan fingerprint density at radius 3 is 0.946 bits per heavy atom. The van der Waals surface area contributed by atoms with Crippen LogP contribution in [-0.4, -0.2) is 0 Å². The fourth-order valence-electron chi connectivity index (χ4n) is 11.9. The molecule has 0 saturated heterocycles. The summed E-state index contributed by atoms with van der Waals surface area (Å²) in [5, 5.41) is -12.6. The van der Waals surface area contributed by atoms with Gasteiger partial charge in [0.05, 0.1) is 74.0 Å². The molecule has 18 aromatic carbocycles. The van der Waals surface area contributed by atoms with Crippen molar-refractivity contribution in [3.63, 3.8) is 0 Å². The Morgan fingerprint density at radius 2 is 0.478 bits per heavy atom. The zero-order valence-electron chi connectivity index (χ0n) is 99.8. The van der Waals surface area contributed by atoms with Crippen molar-refractivity contribution >= 4 is 141 Å². The molecule has 0 saturated carbocycles. The normalized spacial score (nSPS) is 20.1. The first-order chi connectivity index (χ1) is 68.1. The molecule has 0 bridgehead atoms. The summed E-state index contributed by atoms with van der Waals surface area (Å²) in [4.78, 5) is 0. The topological polar surface area (TPSA) is 26.3 Å². The maximum Gasteiger partial charge on any atom is 0.136 e. The number of hydrogen-bond acceptors (Lipinski definition) is 2. The van der Waals surface area contributed by atoms with E-state index in [1.807, 2.05) is 0 Å². The van der Waals surface area contributed by atoms with Gasteiger partial charge in [0.25, 0.3) is 0 Å². The van der Waals surface area contributed by atoms with Crippen LogP contribution in [0, 0.1) is 0 Å². The molecule has 0 aliphatic rings. The smallest absolute Gasteiger partial charge is 0.136 e. The Morgan fingerprint density at radius 1 is 0.174 bits per heavy atom. The predicted octanol–water partition coefficient (Wildman–Crippen LogP) is 25.9. The van der Waals surface area contributed by atoms with Crippen LogP contribution in [0.1, 0.15) is 74.0 Å². The Balaban J connectivity index is 0.000000184. The van der Waals surface area contributed by atoms with Gasteiger partial charge in [-0.1, -0.05) is 302 Å². The summed E-state index contributed by atoms with van der Waals surface area (Å²) in [6, 6.07) is -49.0. The summed E-state index contributed by atoms with van der Waals surface area (Å²) < 4.78 is 498. The first-order valence-electron chi connectivity index (χ1n) is 54.3. The van der Waals surface area contributed by atoms with Crippen molar-refractivity contribution in [2.75, 3.05) is 0 Å². The molecule has 0 unspecified atom stereocenters. The molecular weight excluding hydrogens is 1110 g/mol. The van der Waals surface area contributed by atoms with E-state index in [2.05, 4.69) is 0 Å². The summed E-state index contributed by atoms with van der Waals surface area (Å²) in [5.41, 5.74) is -9.86. The van der Waals surface area contributed by atoms with Gasteiger partial charge in [0.2, 0.25) is 0 Å². The molecule has 0 aliphatic carbocycles. The number of rotatable bonds is 5. The third-order valence-corrected chi connectivity index (χ3v) is 15.6. The molecule has 0 amide bonds. The van der Waals surface area contributed by atoms with Crippen LogP contribution < -0.4 is 0 Å². The number of furan rings is 2. The lowest BCUT2D eigenvalue weighted by Gasteiger charge is -2.20. The van der Waals surface area contributed by atoms with Crippen molar-refractivity contribution in [3.8, 4) is 55.6 Å². The average molecular weight is 1220 g/mol. The molecule has 0 aliphatic heterocycles. The van der Waals surface area contributed by atoms with Gasteiger partial charge in [-0.25, -0.2) is 0 Å². The van der Waals surface area contributed by atoms with Crippen LogP contribution in [0.3, 0.4) is 0 Å². The highest BCUT2D eigenvalue weighted by Gasteiger charge is 2.24. The molecule has 2 aromatic heterocycles. The van der Waals surface area contributed by atoms with E-state index in [0.717, 1.165) is 0 Å². The second-order valence-corrected chi connectivity index (χ2v) is 20.3. The summed E-state index contributed by atoms with van der Waals surface area (Å²) in [5.74, 6) is 0. The molecular formula is C90H54O2. The van der Waals surface area contributed by atoms with Gasteiger partial charge in [0.15, 0.2) is 0 Å². The minimum absolute atomic E-state index is 0.349. The van der Waals surface area contributed by atoms with Crippen LogP contribution in [0.25, 0.3) is 196 Å². The molecule has 0 N–H and O–H groups in total. The number of fused-ring (bicyclic) bond motifs is 19. The maximum absolute atomic E-state index is 10.0. The fourth-order valence-corrected chi connectivity index (χ4v) is 11.9. The molecule has 20 rings (SSSR count). The third-order valence-electron chi connectivity index (χ3n) is 15.6. The zero-order chi connectivity index (χ0) is 107. The van der Waals surface area contributed by atoms with Crippen LogP contribution >= 0.6 is 0 Å². The highest BCUT2D eigenvalue weighted by Crippen LogP contribution is 2.51. The third kappa shape index (κ3) is 7.94. The van der Waals surface area contributed by atoms with Gasteiger partial charge in [0.1, 0.15) is 22.3 Å². The number of hydrogen-bond donors (Lipinski definition) is 0. The molecule has 20 aromatic rings. The second kappa shape index (κ2) is 20.8. The van der Waals surface area contributed by atoms with Crippen molar-refractivity contribution in [1.82, 2.24) is 0 Å². The Bertz CT molecular complexity index is 9620. The molecule has 0 atom stereocenters. The standard InChI is InChI=1S/C46H28O.C44H26O/c1-2-13-31(14-3-1)43-36-18-8-10-20-38(36)44(39-21-11-9-19-37(39)43)32-24-22-30(23-25-32)40-28-42-46(35-17-7-6-16-34(35)40)45-33-15-5-4-12-29(33)26-27-41(45)47-42;1-3-15-29-27(12-1)14-11-23-32(29)41-34-19-7-9-21-36(34)42(37-22-10-8-20-35(37)41)38-26-40-44(33-18-6-5-17-31(33)38)43-30-16-4-2-13-28(30)24-25-39(43)45-40/h1-28H;1-26H/i1D,2D,3D,4D,5D,6D,7D,8D,9D,10D,11D,12D,13D,14D,15D,16D,17D,18D,19D,20D,21D,22D,23D,24D,25D,26D,27D,28D;1D,2D,3D,4D,5D,6D,7D,8D,9D,10D,11D,12D,13D,14D,15D,16D,17D,18D,19D,20D,21D,22D,23D,24D,25D,26D. The van der Waals surface area contributed by atoms with Crippen LogP contribution in [0.5, 0.6) is 0 Å². The SMILES string of the molecule is [2H]c1c([2H])c([2H])c(-c2c3c([2H])c([2H])c([2H])c([2H])c3c(-c3c([2H])c([2H])c(-c4c([2H])c5oc6c([2H])c([2H])c7c([2H])c([2H])c([2H])c([2H])c7c6c5c5c([2H])c([2H])c([2H])c([2H])c45)c([2H])c3[2H])c3c([2H])c([2H])c([2H])c([2H])c23)c([2H])c1[2H].[2H]c1c([2H])c([2H])c2c(-c3c4c([2H])c([2H])c([2H])c([2H])c4c(-c4c([2H])c5oc6c([2H])c([2H])c7c([2H])c([2H])c([2H])c([2H])c7c6c5c5c([2H])c([2H])c([2H])c([2H])c45)c4c([2H])c([2H])c([2H])c([2H])c34)c([2H])c([2H])c([2H])c2c1[2H]. The minimum Gasteiger partial charge on any atom is -0.456 e. The first-order valence-corrected chi connectivity index (χ1v) is 27.3. The molecule has 2 heteroatoms. The Hall–Kier alpha value is -12.1. The highest BCUT2D eigenvalue weighted by atomic mass is 16.3. The molecule has 92 heavy (non-hydrogen) atoms. The zero-order valence-corrected chi connectivity index (χ0v) is 45.8. The van der Waals surface area contributed by atoms with E-state index in [9.17, 15) is 26.0 Å². The van der Waals surface area contributed by atoms with Gasteiger partial charge in [0, 0.05) is 21.5 Å². The molecule has 2 heterocycles. The summed E-state index contributed by atoms with van der Waals surface area (Å²) in [7, 11) is 0. The van der Waals surface area contributed by atoms with Crippen molar-refractivity contribution < 1.29 is 82.9 Å². The first kappa shape index (κ1) is 21.6. The van der Waals surface area contributed by atoms with Gasteiger partial charge in [-0.15, -0.1) is 0 Å². The van der Waals surface area contributed by atoms with Crippen molar-refractivity contribution in [2.45, 2.75) is 0 Å². The van der Waals surface area contributed by atoms with Gasteiger partial charge in [-0.05, 0) is 177 Å². The average Bonchev–Trinajstić information content (AvgIpc) is 1.26. The van der Waals surface area contributed by atoms with Crippen LogP contribution in [0.2, 0.25) is 0 Å². The van der Waals surface area contributed by atoms with E-state index in [4.69, 9.17) is 56.8 Å². The Labute approximate surface area is 605 Å². The van der Waals surface area contributed by atoms with E-state index < -0.39 is 512 Å². The van der Waals surface area contributed by atoms with Crippen molar-refractivity contribution in [2.24, 2.45) is 0 Å². The molecule has 0 radical (unpaired) electrons. The Kier molecular flexibility index (Phi) is 4.86. The van der Waals surface area contributed by atoms with E-state index in [1.165, 1.54) is 0 Å². The lowest BCUT2D eigenvalue weighted by Crippen LogP contribution is -1.92. The van der Waals surface area contributed by atoms with Crippen LogP contribution in [0.15, 0.2) is 335 Å². The second-order valence-electron chi connectivity index (χ2n) is 20.3. The quantitative estimate of drug-likeness (QED) is 0.161. The molecule has 426 valence electrons. The fraction of sp³-hybridized carbons (Fsp3) is 0. The minimum atomic E-state index is -1.11. The maximum atomic E-state index is 10.0. The van der Waals surface area contributed by atoms with Crippen molar-refractivity contribution in [1.29, 1.82) is 0 Å². The predicted molar refractivity (Wildman–Crippen MR) is 392 cm³/mol. The summed E-state index contributed by atoms with van der Waals surface area (Å²) in [6.07, 6.45) is 0. The lowest BCUT2D eigenvalue weighted by molar-refractivity contribution is 0.669. The highest BCUT2D eigenvalue weighted by molar-refractivity contribution is 6.32. The lowest BCUT2D eigenvalue weighted by atomic mass is 9.83. The van der Waals surface area contributed by atoms with Crippen molar-refractivity contribution in [3.05, 3.63) is 326 Å². The molecule has 2 nitrogen and oxygen atoms in total. The summed E-state index contributed by atoms with van der Waals surface area (Å²) >= 11 is 0. The monoisotopic (exact) mass is 1220 g/mol. The van der Waals surface area contributed by atoms with Gasteiger partial charge in [-0.3, -0.25) is 0 Å². The molecule has 0 spiro atoms. The van der Waals surface area contributed by atoms with Crippen LogP contribution in [0.4, 0.5) is 0 Å². The van der Waals surface area contributed by atoms with Gasteiger partial charge >= 0.3 is 0 Å².